The summed E-state index contributed by atoms with van der Waals surface area (Å²) in [5.74, 6) is 0. The van der Waals surface area contributed by atoms with Crippen LogP contribution in [0.5, 0.6) is 0 Å². The number of nitrogens with one attached hydrogen (secondary N) is 1. The van der Waals surface area contributed by atoms with Crippen LogP contribution in [-0.4, -0.2) is 19.3 Å². The van der Waals surface area contributed by atoms with Gasteiger partial charge in [-0.1, -0.05) is 30.3 Å². The Labute approximate surface area is 78.9 Å². The van der Waals surface area contributed by atoms with E-state index in [-0.39, 0.29) is 0 Å². The molecule has 0 bridgehead atoms. The highest BCUT2D eigenvalue weighted by atomic mass is 16.5. The van der Waals surface area contributed by atoms with Crippen LogP contribution in [0.15, 0.2) is 30.3 Å². The van der Waals surface area contributed by atoms with Crippen molar-refractivity contribution in [1.29, 1.82) is 0 Å². The van der Waals surface area contributed by atoms with E-state index in [1.807, 2.05) is 6.07 Å². The van der Waals surface area contributed by atoms with Gasteiger partial charge in [0.25, 0.3) is 0 Å². The molecule has 1 aromatic rings. The van der Waals surface area contributed by atoms with E-state index in [2.05, 4.69) is 29.6 Å². The summed E-state index contributed by atoms with van der Waals surface area (Å²) in [6.45, 7) is 0.950. The lowest BCUT2D eigenvalue weighted by Gasteiger charge is -2.02. The quantitative estimate of drug-likeness (QED) is 0.753. The molecule has 0 aromatic heterocycles. The first kappa shape index (κ1) is 8.73. The van der Waals surface area contributed by atoms with Crippen LogP contribution >= 0.6 is 0 Å². The maximum Gasteiger partial charge on any atom is 0.0741 e. The Balaban J connectivity index is 1.75. The van der Waals surface area contributed by atoms with E-state index in [4.69, 9.17) is 4.74 Å². The van der Waals surface area contributed by atoms with E-state index in [0.29, 0.717) is 12.1 Å². The molecule has 0 unspecified atom stereocenters. The Morgan fingerprint density at radius 2 is 2.15 bits per heavy atom. The van der Waals surface area contributed by atoms with Gasteiger partial charge in [-0.25, -0.2) is 0 Å². The molecule has 1 fully saturated rings. The molecule has 1 aromatic carbocycles. The Morgan fingerprint density at radius 3 is 2.77 bits per heavy atom. The molecular weight excluding hydrogens is 162 g/mol. The molecule has 0 aliphatic heterocycles. The van der Waals surface area contributed by atoms with Crippen molar-refractivity contribution in [2.75, 3.05) is 7.11 Å². The minimum Gasteiger partial charge on any atom is -0.380 e. The Hall–Kier alpha value is -0.860. The van der Waals surface area contributed by atoms with Crippen molar-refractivity contribution < 1.29 is 4.74 Å². The number of hydrogen-bond donors (Lipinski definition) is 1. The SMILES string of the molecule is CO[C@H]1C[C@H]1NCc1ccccc1. The standard InChI is InChI=1S/C11H15NO/c1-13-11-7-10(11)12-8-9-5-3-2-4-6-9/h2-6,10-12H,7-8H2,1H3/t10-,11+/m1/s1. The smallest absolute Gasteiger partial charge is 0.0741 e. The molecule has 0 spiro atoms. The molecule has 0 heterocycles. The molecule has 0 radical (unpaired) electrons. The summed E-state index contributed by atoms with van der Waals surface area (Å²) < 4.78 is 5.20. The van der Waals surface area contributed by atoms with E-state index in [9.17, 15) is 0 Å². The number of benzene rings is 1. The Bertz CT molecular complexity index is 260. The van der Waals surface area contributed by atoms with Crippen molar-refractivity contribution in [3.63, 3.8) is 0 Å². The van der Waals surface area contributed by atoms with E-state index in [0.717, 1.165) is 13.0 Å². The van der Waals surface area contributed by atoms with Gasteiger partial charge in [0.2, 0.25) is 0 Å². The first-order valence-electron chi connectivity index (χ1n) is 4.70. The third-order valence-corrected chi connectivity index (χ3v) is 2.45. The van der Waals surface area contributed by atoms with Crippen LogP contribution in [0.4, 0.5) is 0 Å². The Kier molecular flexibility index (Phi) is 2.62. The normalized spacial score (nSPS) is 25.9. The average molecular weight is 177 g/mol. The lowest BCUT2D eigenvalue weighted by molar-refractivity contribution is 0.173. The number of ether oxygens (including phenoxy) is 1. The van der Waals surface area contributed by atoms with Crippen LogP contribution in [0, 0.1) is 0 Å². The van der Waals surface area contributed by atoms with E-state index < -0.39 is 0 Å². The highest BCUT2D eigenvalue weighted by molar-refractivity contribution is 5.14. The summed E-state index contributed by atoms with van der Waals surface area (Å²) in [4.78, 5) is 0. The highest BCUT2D eigenvalue weighted by Crippen LogP contribution is 2.24. The van der Waals surface area contributed by atoms with Crippen molar-refractivity contribution >= 4 is 0 Å². The minimum absolute atomic E-state index is 0.448. The van der Waals surface area contributed by atoms with Gasteiger partial charge in [-0.05, 0) is 12.0 Å². The summed E-state index contributed by atoms with van der Waals surface area (Å²) in [6, 6.07) is 11.0. The summed E-state index contributed by atoms with van der Waals surface area (Å²) in [5, 5.41) is 3.45. The third kappa shape index (κ3) is 2.29. The molecule has 1 aliphatic rings. The van der Waals surface area contributed by atoms with Crippen molar-refractivity contribution in [1.82, 2.24) is 5.32 Å². The molecule has 1 saturated carbocycles. The van der Waals surface area contributed by atoms with Gasteiger partial charge in [0.15, 0.2) is 0 Å². The van der Waals surface area contributed by atoms with Crippen molar-refractivity contribution in [2.24, 2.45) is 0 Å². The second kappa shape index (κ2) is 3.90. The third-order valence-electron chi connectivity index (χ3n) is 2.45. The van der Waals surface area contributed by atoms with Crippen LogP contribution < -0.4 is 5.32 Å². The molecule has 1 aliphatic carbocycles. The van der Waals surface area contributed by atoms with Crippen LogP contribution in [0.3, 0.4) is 0 Å². The van der Waals surface area contributed by atoms with Gasteiger partial charge in [0.05, 0.1) is 6.10 Å². The van der Waals surface area contributed by atoms with Crippen LogP contribution in [-0.2, 0) is 11.3 Å². The molecule has 70 valence electrons. The monoisotopic (exact) mass is 177 g/mol. The fourth-order valence-corrected chi connectivity index (χ4v) is 1.49. The van der Waals surface area contributed by atoms with Gasteiger partial charge in [0.1, 0.15) is 0 Å². The fraction of sp³-hybridized carbons (Fsp3) is 0.455. The van der Waals surface area contributed by atoms with Crippen LogP contribution in [0.25, 0.3) is 0 Å². The minimum atomic E-state index is 0.448. The van der Waals surface area contributed by atoms with E-state index in [1.165, 1.54) is 5.56 Å². The second-order valence-electron chi connectivity index (χ2n) is 3.48. The molecule has 13 heavy (non-hydrogen) atoms. The van der Waals surface area contributed by atoms with Gasteiger partial charge in [0, 0.05) is 19.7 Å². The predicted molar refractivity (Wildman–Crippen MR) is 52.5 cm³/mol. The van der Waals surface area contributed by atoms with Gasteiger partial charge in [-0.2, -0.15) is 0 Å². The summed E-state index contributed by atoms with van der Waals surface area (Å²) in [5.41, 5.74) is 1.34. The fourth-order valence-electron chi connectivity index (χ4n) is 1.49. The van der Waals surface area contributed by atoms with Gasteiger partial charge in [-0.3, -0.25) is 0 Å². The maximum absolute atomic E-state index is 5.20. The number of rotatable bonds is 4. The number of hydrogen-bond acceptors (Lipinski definition) is 2. The van der Waals surface area contributed by atoms with Crippen LogP contribution in [0.2, 0.25) is 0 Å². The molecule has 2 heteroatoms. The molecule has 0 amide bonds. The van der Waals surface area contributed by atoms with Gasteiger partial charge in [-0.15, -0.1) is 0 Å². The molecule has 2 atom stereocenters. The van der Waals surface area contributed by atoms with Crippen molar-refractivity contribution in [2.45, 2.75) is 25.1 Å². The van der Waals surface area contributed by atoms with Crippen LogP contribution in [0.1, 0.15) is 12.0 Å². The zero-order valence-corrected chi connectivity index (χ0v) is 7.86. The first-order valence-corrected chi connectivity index (χ1v) is 4.70. The topological polar surface area (TPSA) is 21.3 Å². The Morgan fingerprint density at radius 1 is 1.38 bits per heavy atom. The van der Waals surface area contributed by atoms with E-state index in [1.54, 1.807) is 7.11 Å². The van der Waals surface area contributed by atoms with E-state index >= 15 is 0 Å². The highest BCUT2D eigenvalue weighted by Gasteiger charge is 2.36. The number of methoxy groups -OCH3 is 1. The van der Waals surface area contributed by atoms with Crippen molar-refractivity contribution in [3.8, 4) is 0 Å². The molecule has 0 saturated heterocycles. The summed E-state index contributed by atoms with van der Waals surface area (Å²) in [6.07, 6.45) is 1.60. The largest absolute Gasteiger partial charge is 0.380 e. The average Bonchev–Trinajstić information content (AvgIpc) is 2.95. The van der Waals surface area contributed by atoms with Crippen molar-refractivity contribution in [3.05, 3.63) is 35.9 Å². The first-order chi connectivity index (χ1) is 6.40. The van der Waals surface area contributed by atoms with Gasteiger partial charge >= 0.3 is 0 Å². The molecule has 2 nitrogen and oxygen atoms in total. The lowest BCUT2D eigenvalue weighted by atomic mass is 10.2. The lowest BCUT2D eigenvalue weighted by Crippen LogP contribution is -2.19. The molecular formula is C11H15NO. The zero-order chi connectivity index (χ0) is 9.10. The summed E-state index contributed by atoms with van der Waals surface area (Å²) >= 11 is 0. The predicted octanol–water partition coefficient (Wildman–Crippen LogP) is 1.56. The second-order valence-corrected chi connectivity index (χ2v) is 3.48. The molecule has 2 rings (SSSR count). The zero-order valence-electron chi connectivity index (χ0n) is 7.86. The maximum atomic E-state index is 5.20. The van der Waals surface area contributed by atoms with Gasteiger partial charge < -0.3 is 10.1 Å². The summed E-state index contributed by atoms with van der Waals surface area (Å²) in [7, 11) is 1.77. The molecule has 1 N–H and O–H groups in total.